The van der Waals surface area contributed by atoms with Crippen LogP contribution in [0.4, 0.5) is 4.79 Å². The van der Waals surface area contributed by atoms with Gasteiger partial charge in [-0.05, 0) is 33.6 Å². The van der Waals surface area contributed by atoms with Gasteiger partial charge in [0.05, 0.1) is 0 Å². The van der Waals surface area contributed by atoms with Crippen molar-refractivity contribution in [2.45, 2.75) is 58.6 Å². The number of carboxylic acid groups (broad SMARTS) is 1. The molecule has 0 bridgehead atoms. The summed E-state index contributed by atoms with van der Waals surface area (Å²) in [7, 11) is 0. The molecule has 0 radical (unpaired) electrons. The number of hydrogen-bond acceptors (Lipinski definition) is 3. The molecule has 0 aromatic carbocycles. The minimum absolute atomic E-state index is 0.379. The summed E-state index contributed by atoms with van der Waals surface area (Å²) in [6.45, 7) is 9.00. The van der Waals surface area contributed by atoms with Crippen molar-refractivity contribution >= 4 is 12.1 Å². The number of aliphatic carboxylic acids is 1. The minimum Gasteiger partial charge on any atom is -0.479 e. The van der Waals surface area contributed by atoms with Crippen LogP contribution >= 0.6 is 0 Å². The monoisotopic (exact) mass is 243 g/mol. The summed E-state index contributed by atoms with van der Waals surface area (Å²) in [6.07, 6.45) is 0.484. The van der Waals surface area contributed by atoms with Gasteiger partial charge in [-0.25, -0.2) is 9.59 Å². The SMILES string of the molecule is CC[C@@]1(C)C[C@@]1(NC(=O)OC(C)(C)C)C(=O)O. The molecule has 0 aromatic heterocycles. The smallest absolute Gasteiger partial charge is 0.408 e. The van der Waals surface area contributed by atoms with E-state index in [-0.39, 0.29) is 5.41 Å². The molecule has 1 aliphatic carbocycles. The average Bonchev–Trinajstić information content (AvgIpc) is 2.70. The molecule has 0 saturated heterocycles. The van der Waals surface area contributed by atoms with Crippen LogP contribution in [0.1, 0.15) is 47.5 Å². The van der Waals surface area contributed by atoms with Gasteiger partial charge < -0.3 is 15.2 Å². The van der Waals surface area contributed by atoms with E-state index >= 15 is 0 Å². The highest BCUT2D eigenvalue weighted by Crippen LogP contribution is 2.58. The van der Waals surface area contributed by atoms with E-state index in [0.717, 1.165) is 0 Å². The Labute approximate surface area is 102 Å². The maximum Gasteiger partial charge on any atom is 0.408 e. The summed E-state index contributed by atoms with van der Waals surface area (Å²) < 4.78 is 5.09. The van der Waals surface area contributed by atoms with Gasteiger partial charge in [0.15, 0.2) is 0 Å². The first-order valence-electron chi connectivity index (χ1n) is 5.81. The quantitative estimate of drug-likeness (QED) is 0.796. The molecule has 0 heterocycles. The maximum atomic E-state index is 11.6. The Morgan fingerprint density at radius 1 is 1.41 bits per heavy atom. The van der Waals surface area contributed by atoms with Crippen LogP contribution < -0.4 is 5.32 Å². The summed E-state index contributed by atoms with van der Waals surface area (Å²) in [6, 6.07) is 0. The van der Waals surface area contributed by atoms with Gasteiger partial charge in [-0.3, -0.25) is 0 Å². The third kappa shape index (κ3) is 2.53. The second kappa shape index (κ2) is 3.89. The zero-order valence-electron chi connectivity index (χ0n) is 11.1. The van der Waals surface area contributed by atoms with Gasteiger partial charge in [0.1, 0.15) is 11.1 Å². The number of rotatable bonds is 3. The fourth-order valence-electron chi connectivity index (χ4n) is 2.03. The second-order valence-corrected chi connectivity index (χ2v) is 5.93. The Balaban J connectivity index is 2.73. The average molecular weight is 243 g/mol. The first-order valence-corrected chi connectivity index (χ1v) is 5.81. The molecule has 1 rings (SSSR count). The molecular formula is C12H21NO4. The number of alkyl carbamates (subject to hydrolysis) is 1. The first-order chi connectivity index (χ1) is 7.56. The highest BCUT2D eigenvalue weighted by Gasteiger charge is 2.70. The fraction of sp³-hybridized carbons (Fsp3) is 0.833. The van der Waals surface area contributed by atoms with Crippen molar-refractivity contribution in [1.82, 2.24) is 5.32 Å². The van der Waals surface area contributed by atoms with Crippen LogP contribution in [-0.2, 0) is 9.53 Å². The molecule has 0 unspecified atom stereocenters. The lowest BCUT2D eigenvalue weighted by atomic mass is 9.99. The Hall–Kier alpha value is -1.26. The number of carboxylic acids is 1. The second-order valence-electron chi connectivity index (χ2n) is 5.93. The van der Waals surface area contributed by atoms with Crippen molar-refractivity contribution in [3.05, 3.63) is 0 Å². The molecule has 2 N–H and O–H groups in total. The van der Waals surface area contributed by atoms with Crippen molar-refractivity contribution in [1.29, 1.82) is 0 Å². The van der Waals surface area contributed by atoms with E-state index in [1.54, 1.807) is 20.8 Å². The molecular weight excluding hydrogens is 222 g/mol. The van der Waals surface area contributed by atoms with Gasteiger partial charge in [-0.15, -0.1) is 0 Å². The summed E-state index contributed by atoms with van der Waals surface area (Å²) >= 11 is 0. The number of ether oxygens (including phenoxy) is 1. The number of carbonyl (C=O) groups excluding carboxylic acids is 1. The molecule has 1 saturated carbocycles. The van der Waals surface area contributed by atoms with Crippen molar-refractivity contribution in [2.75, 3.05) is 0 Å². The molecule has 5 heteroatoms. The Bertz CT molecular complexity index is 347. The fourth-order valence-corrected chi connectivity index (χ4v) is 2.03. The van der Waals surface area contributed by atoms with Crippen LogP contribution in [0, 0.1) is 5.41 Å². The number of amides is 1. The van der Waals surface area contributed by atoms with Gasteiger partial charge in [-0.2, -0.15) is 0 Å². The van der Waals surface area contributed by atoms with Gasteiger partial charge in [0, 0.05) is 5.41 Å². The molecule has 2 atom stereocenters. The number of nitrogens with one attached hydrogen (secondary N) is 1. The first kappa shape index (κ1) is 13.8. The maximum absolute atomic E-state index is 11.6. The summed E-state index contributed by atoms with van der Waals surface area (Å²) in [5.41, 5.74) is -2.17. The summed E-state index contributed by atoms with van der Waals surface area (Å²) in [5.74, 6) is -0.993. The molecule has 0 aliphatic heterocycles. The van der Waals surface area contributed by atoms with Crippen LogP contribution in [0.5, 0.6) is 0 Å². The van der Waals surface area contributed by atoms with Crippen molar-refractivity contribution < 1.29 is 19.4 Å². The van der Waals surface area contributed by atoms with E-state index in [2.05, 4.69) is 5.32 Å². The van der Waals surface area contributed by atoms with Crippen LogP contribution in [0.15, 0.2) is 0 Å². The molecule has 98 valence electrons. The van der Waals surface area contributed by atoms with Crippen molar-refractivity contribution in [3.63, 3.8) is 0 Å². The summed E-state index contributed by atoms with van der Waals surface area (Å²) in [5, 5.41) is 11.8. The molecule has 0 aromatic rings. The molecule has 1 fully saturated rings. The van der Waals surface area contributed by atoms with Crippen LogP contribution in [0.25, 0.3) is 0 Å². The largest absolute Gasteiger partial charge is 0.479 e. The highest BCUT2D eigenvalue weighted by molar-refractivity contribution is 5.89. The van der Waals surface area contributed by atoms with E-state index < -0.39 is 23.2 Å². The van der Waals surface area contributed by atoms with Crippen LogP contribution in [0.2, 0.25) is 0 Å². The van der Waals surface area contributed by atoms with E-state index in [9.17, 15) is 14.7 Å². The zero-order chi connectivity index (χ0) is 13.5. The lowest BCUT2D eigenvalue weighted by molar-refractivity contribution is -0.141. The third-order valence-electron chi connectivity index (χ3n) is 3.42. The van der Waals surface area contributed by atoms with Gasteiger partial charge in [-0.1, -0.05) is 13.8 Å². The normalized spacial score (nSPS) is 31.8. The molecule has 1 amide bonds. The lowest BCUT2D eigenvalue weighted by Crippen LogP contribution is -2.48. The van der Waals surface area contributed by atoms with Gasteiger partial charge in [0.2, 0.25) is 0 Å². The minimum atomic E-state index is -1.16. The zero-order valence-corrected chi connectivity index (χ0v) is 11.1. The third-order valence-corrected chi connectivity index (χ3v) is 3.42. The van der Waals surface area contributed by atoms with E-state index in [0.29, 0.717) is 12.8 Å². The standard InChI is InChI=1S/C12H21NO4/c1-6-11(5)7-12(11,8(14)15)13-9(16)17-10(2,3)4/h6-7H2,1-5H3,(H,13,16)(H,14,15)/t11-,12+/m0/s1. The molecule has 17 heavy (non-hydrogen) atoms. The van der Waals surface area contributed by atoms with Crippen molar-refractivity contribution in [3.8, 4) is 0 Å². The number of hydrogen-bond donors (Lipinski definition) is 2. The van der Waals surface area contributed by atoms with E-state index in [1.165, 1.54) is 0 Å². The van der Waals surface area contributed by atoms with Crippen LogP contribution in [-0.4, -0.2) is 28.3 Å². The summed E-state index contributed by atoms with van der Waals surface area (Å²) in [4.78, 5) is 22.9. The highest BCUT2D eigenvalue weighted by atomic mass is 16.6. The molecule has 0 spiro atoms. The lowest BCUT2D eigenvalue weighted by Gasteiger charge is -2.24. The Morgan fingerprint density at radius 3 is 2.24 bits per heavy atom. The van der Waals surface area contributed by atoms with Crippen LogP contribution in [0.3, 0.4) is 0 Å². The predicted octanol–water partition coefficient (Wildman–Crippen LogP) is 2.15. The van der Waals surface area contributed by atoms with Gasteiger partial charge >= 0.3 is 12.1 Å². The Morgan fingerprint density at radius 2 is 1.94 bits per heavy atom. The van der Waals surface area contributed by atoms with E-state index in [1.807, 2.05) is 13.8 Å². The topological polar surface area (TPSA) is 75.6 Å². The van der Waals surface area contributed by atoms with Crippen molar-refractivity contribution in [2.24, 2.45) is 5.41 Å². The molecule has 5 nitrogen and oxygen atoms in total. The number of carbonyl (C=O) groups is 2. The predicted molar refractivity (Wildman–Crippen MR) is 62.8 cm³/mol. The van der Waals surface area contributed by atoms with E-state index in [4.69, 9.17) is 4.74 Å². The Kier molecular flexibility index (Phi) is 3.16. The molecule has 1 aliphatic rings. The van der Waals surface area contributed by atoms with Gasteiger partial charge in [0.25, 0.3) is 0 Å².